The maximum atomic E-state index is 12.8. The highest BCUT2D eigenvalue weighted by atomic mass is 35.5. The number of anilines is 3. The first kappa shape index (κ1) is 25.0. The van der Waals surface area contributed by atoms with Gasteiger partial charge in [0.15, 0.2) is 5.65 Å². The van der Waals surface area contributed by atoms with Crippen LogP contribution in [-0.4, -0.2) is 50.9 Å². The molecule has 10 nitrogen and oxygen atoms in total. The summed E-state index contributed by atoms with van der Waals surface area (Å²) in [6.45, 7) is 1.53. The number of carbonyl (C=O) groups excluding carboxylic acids is 2. The molecule has 1 aliphatic heterocycles. The third-order valence-corrected chi connectivity index (χ3v) is 7.94. The lowest BCUT2D eigenvalue weighted by molar-refractivity contribution is -0.125. The molecule has 2 saturated carbocycles. The molecular formula is C29H28ClN7O3. The van der Waals surface area contributed by atoms with Crippen LogP contribution in [0.3, 0.4) is 0 Å². The zero-order valence-electron chi connectivity index (χ0n) is 21.7. The first-order valence-electron chi connectivity index (χ1n) is 13.5. The molecule has 2 N–H and O–H groups in total. The van der Waals surface area contributed by atoms with Crippen molar-refractivity contribution in [1.82, 2.24) is 19.4 Å². The second-order valence-corrected chi connectivity index (χ2v) is 11.1. The molecule has 3 aliphatic rings. The molecule has 0 unspecified atom stereocenters. The van der Waals surface area contributed by atoms with E-state index >= 15 is 0 Å². The minimum atomic E-state index is -0.101. The van der Waals surface area contributed by atoms with Crippen LogP contribution in [-0.2, 0) is 20.9 Å². The van der Waals surface area contributed by atoms with Crippen LogP contribution in [0.5, 0.6) is 0 Å². The molecular weight excluding hydrogens is 530 g/mol. The van der Waals surface area contributed by atoms with E-state index in [0.29, 0.717) is 42.3 Å². The molecule has 204 valence electrons. The Kier molecular flexibility index (Phi) is 6.36. The Bertz CT molecular complexity index is 1620. The van der Waals surface area contributed by atoms with Crippen LogP contribution in [0.1, 0.15) is 47.9 Å². The zero-order chi connectivity index (χ0) is 27.2. The van der Waals surface area contributed by atoms with Crippen molar-refractivity contribution in [3.63, 3.8) is 0 Å². The number of carbonyl (C=O) groups is 2. The minimum Gasteiger partial charge on any atom is -0.370 e. The van der Waals surface area contributed by atoms with E-state index in [1.54, 1.807) is 11.0 Å². The van der Waals surface area contributed by atoms with Crippen LogP contribution in [0, 0.1) is 5.92 Å². The summed E-state index contributed by atoms with van der Waals surface area (Å²) < 4.78 is 7.35. The van der Waals surface area contributed by atoms with Crippen molar-refractivity contribution in [3.8, 4) is 0 Å². The zero-order valence-corrected chi connectivity index (χ0v) is 22.5. The molecule has 0 bridgehead atoms. The Labute approximate surface area is 235 Å². The fourth-order valence-corrected chi connectivity index (χ4v) is 5.56. The van der Waals surface area contributed by atoms with Crippen LogP contribution >= 0.6 is 11.6 Å². The molecule has 0 spiro atoms. The van der Waals surface area contributed by atoms with Gasteiger partial charge in [0.25, 0.3) is 5.91 Å². The van der Waals surface area contributed by atoms with Gasteiger partial charge in [0.05, 0.1) is 24.5 Å². The highest BCUT2D eigenvalue weighted by molar-refractivity contribution is 6.30. The summed E-state index contributed by atoms with van der Waals surface area (Å²) in [4.78, 5) is 40.6. The van der Waals surface area contributed by atoms with E-state index in [9.17, 15) is 9.59 Å². The number of hydrogen-bond donors (Lipinski definition) is 2. The third-order valence-electron chi connectivity index (χ3n) is 7.70. The van der Waals surface area contributed by atoms with Gasteiger partial charge < -0.3 is 24.7 Å². The van der Waals surface area contributed by atoms with Crippen molar-refractivity contribution in [2.24, 2.45) is 5.92 Å². The predicted octanol–water partition coefficient (Wildman–Crippen LogP) is 4.37. The molecule has 1 aromatic carbocycles. The molecule has 0 radical (unpaired) electrons. The summed E-state index contributed by atoms with van der Waals surface area (Å²) in [5, 5.41) is 6.88. The van der Waals surface area contributed by atoms with Gasteiger partial charge in [0.1, 0.15) is 24.6 Å². The predicted molar refractivity (Wildman–Crippen MR) is 151 cm³/mol. The Balaban J connectivity index is 1.04. The number of fused-ring (bicyclic) bond motifs is 1. The third kappa shape index (κ3) is 5.12. The van der Waals surface area contributed by atoms with E-state index < -0.39 is 0 Å². The van der Waals surface area contributed by atoms with E-state index in [2.05, 4.69) is 32.9 Å². The van der Waals surface area contributed by atoms with Gasteiger partial charge in [-0.25, -0.2) is 15.0 Å². The van der Waals surface area contributed by atoms with Gasteiger partial charge in [-0.05, 0) is 60.4 Å². The standard InChI is InChI=1S/C29H28ClN7O3/c30-20-3-1-2-18(8-20)22-10-23(22)29(39)35-26-11-25(32-16-33-26)31-12-21-14-36-13-19(17-4-5-17)9-24(28(36)34-21)37-6-7-40-15-27(37)38/h1-3,8-9,11,13-14,16-17,22-23H,4-7,10,12,15H2,(H2,31,32,33,35,39)/t22-,23+/m1/s1. The molecule has 1 saturated heterocycles. The van der Waals surface area contributed by atoms with Crippen molar-refractivity contribution in [1.29, 1.82) is 0 Å². The van der Waals surface area contributed by atoms with Gasteiger partial charge in [-0.2, -0.15) is 0 Å². The Morgan fingerprint density at radius 3 is 2.80 bits per heavy atom. The quantitative estimate of drug-likeness (QED) is 0.330. The van der Waals surface area contributed by atoms with Crippen molar-refractivity contribution in [2.75, 3.05) is 35.3 Å². The Morgan fingerprint density at radius 1 is 1.10 bits per heavy atom. The monoisotopic (exact) mass is 557 g/mol. The summed E-state index contributed by atoms with van der Waals surface area (Å²) in [6.07, 6.45) is 8.64. The lowest BCUT2D eigenvalue weighted by Crippen LogP contribution is -2.42. The fraction of sp³-hybridized carbons (Fsp3) is 0.345. The smallest absolute Gasteiger partial charge is 0.253 e. The van der Waals surface area contributed by atoms with Gasteiger partial charge in [0.2, 0.25) is 5.91 Å². The molecule has 11 heteroatoms. The summed E-state index contributed by atoms with van der Waals surface area (Å²) >= 11 is 6.11. The first-order chi connectivity index (χ1) is 19.5. The van der Waals surface area contributed by atoms with Crippen LogP contribution in [0.2, 0.25) is 5.02 Å². The van der Waals surface area contributed by atoms with Gasteiger partial charge in [-0.1, -0.05) is 23.7 Å². The number of amides is 2. The van der Waals surface area contributed by atoms with Crippen molar-refractivity contribution >= 4 is 46.4 Å². The van der Waals surface area contributed by atoms with Gasteiger partial charge >= 0.3 is 0 Å². The molecule has 3 aromatic heterocycles. The number of rotatable bonds is 8. The largest absolute Gasteiger partial charge is 0.370 e. The van der Waals surface area contributed by atoms with E-state index in [0.717, 1.165) is 29.0 Å². The Morgan fingerprint density at radius 2 is 1.98 bits per heavy atom. The van der Waals surface area contributed by atoms with Crippen molar-refractivity contribution < 1.29 is 14.3 Å². The van der Waals surface area contributed by atoms with Crippen LogP contribution in [0.25, 0.3) is 5.65 Å². The molecule has 2 amide bonds. The number of nitrogens with one attached hydrogen (secondary N) is 2. The summed E-state index contributed by atoms with van der Waals surface area (Å²) in [6, 6.07) is 11.5. The topological polar surface area (TPSA) is 114 Å². The summed E-state index contributed by atoms with van der Waals surface area (Å²) in [7, 11) is 0. The second kappa shape index (κ2) is 10.2. The first-order valence-corrected chi connectivity index (χ1v) is 13.9. The van der Waals surface area contributed by atoms with Crippen LogP contribution < -0.4 is 15.5 Å². The van der Waals surface area contributed by atoms with E-state index in [-0.39, 0.29) is 30.3 Å². The normalized spacial score (nSPS) is 20.5. The number of morpholine rings is 1. The van der Waals surface area contributed by atoms with Gasteiger partial charge in [-0.3, -0.25) is 9.59 Å². The number of imidazole rings is 1. The molecule has 4 heterocycles. The van der Waals surface area contributed by atoms with E-state index in [4.69, 9.17) is 21.3 Å². The van der Waals surface area contributed by atoms with Gasteiger partial charge in [0, 0.05) is 35.9 Å². The maximum Gasteiger partial charge on any atom is 0.253 e. The number of aromatic nitrogens is 4. The summed E-state index contributed by atoms with van der Waals surface area (Å²) in [5.74, 6) is 1.51. The maximum absolute atomic E-state index is 12.8. The Hall–Kier alpha value is -4.02. The molecule has 40 heavy (non-hydrogen) atoms. The second-order valence-electron chi connectivity index (χ2n) is 10.6. The van der Waals surface area contributed by atoms with Crippen molar-refractivity contribution in [3.05, 3.63) is 77.0 Å². The number of halogens is 1. The van der Waals surface area contributed by atoms with Crippen LogP contribution in [0.15, 0.2) is 55.1 Å². The average Bonchev–Trinajstić information content (AvgIpc) is 3.88. The highest BCUT2D eigenvalue weighted by Gasteiger charge is 2.44. The molecule has 2 atom stereocenters. The van der Waals surface area contributed by atoms with E-state index in [1.165, 1.54) is 24.7 Å². The van der Waals surface area contributed by atoms with Gasteiger partial charge in [-0.15, -0.1) is 0 Å². The minimum absolute atomic E-state index is 0.0515. The molecule has 3 fully saturated rings. The fourth-order valence-electron chi connectivity index (χ4n) is 5.36. The number of benzene rings is 1. The lowest BCUT2D eigenvalue weighted by Gasteiger charge is -2.27. The molecule has 7 rings (SSSR count). The number of pyridine rings is 1. The molecule has 4 aromatic rings. The summed E-state index contributed by atoms with van der Waals surface area (Å²) in [5.41, 5.74) is 4.68. The van der Waals surface area contributed by atoms with Crippen molar-refractivity contribution in [2.45, 2.75) is 37.6 Å². The number of ether oxygens (including phenoxy) is 1. The lowest BCUT2D eigenvalue weighted by atomic mass is 10.1. The SMILES string of the molecule is O=C(Nc1cc(NCc2cn3cc(C4CC4)cc(N4CCOCC4=O)c3n2)ncn1)[C@H]1C[C@@H]1c1cccc(Cl)c1. The molecule has 2 aliphatic carbocycles. The highest BCUT2D eigenvalue weighted by Crippen LogP contribution is 2.48. The number of nitrogens with zero attached hydrogens (tertiary/aromatic N) is 5. The number of hydrogen-bond acceptors (Lipinski definition) is 7. The van der Waals surface area contributed by atoms with E-state index in [1.807, 2.05) is 34.9 Å². The average molecular weight is 558 g/mol. The van der Waals surface area contributed by atoms with Crippen LogP contribution in [0.4, 0.5) is 17.3 Å².